The molecule has 1 N–H and O–H groups in total. The lowest BCUT2D eigenvalue weighted by Gasteiger charge is -2.08. The molecule has 3 nitrogen and oxygen atoms in total. The lowest BCUT2D eigenvalue weighted by atomic mass is 10.0. The highest BCUT2D eigenvalue weighted by Gasteiger charge is 2.22. The van der Waals surface area contributed by atoms with Crippen LogP contribution >= 0.6 is 15.9 Å². The molecular weight excluding hydrogens is 337 g/mol. The molecule has 2 aromatic carbocycles. The van der Waals surface area contributed by atoms with Gasteiger partial charge in [-0.25, -0.2) is 4.39 Å². The van der Waals surface area contributed by atoms with Crippen molar-refractivity contribution < 1.29 is 13.9 Å². The molecule has 0 aliphatic heterocycles. The second kappa shape index (κ2) is 5.33. The molecule has 0 bridgehead atoms. The first-order valence-electron chi connectivity index (χ1n) is 6.26. The van der Waals surface area contributed by atoms with Crippen LogP contribution in [0.5, 0.6) is 5.75 Å². The minimum Gasteiger partial charge on any atom is -0.496 e. The molecule has 106 valence electrons. The fraction of sp³-hybridized carbons (Fsp3) is 0.0625. The summed E-state index contributed by atoms with van der Waals surface area (Å²) >= 11 is 3.42. The largest absolute Gasteiger partial charge is 0.496 e. The van der Waals surface area contributed by atoms with Gasteiger partial charge in [-0.05, 0) is 24.3 Å². The van der Waals surface area contributed by atoms with E-state index in [-0.39, 0.29) is 11.3 Å². The van der Waals surface area contributed by atoms with Crippen LogP contribution in [0, 0.1) is 5.82 Å². The Labute approximate surface area is 128 Å². The first kappa shape index (κ1) is 13.8. The summed E-state index contributed by atoms with van der Waals surface area (Å²) in [5, 5.41) is 0.729. The van der Waals surface area contributed by atoms with E-state index in [4.69, 9.17) is 4.74 Å². The molecular formula is C16H11BrFNO2. The van der Waals surface area contributed by atoms with Gasteiger partial charge in [-0.2, -0.15) is 0 Å². The minimum absolute atomic E-state index is 0.0587. The normalized spacial score (nSPS) is 10.8. The van der Waals surface area contributed by atoms with Gasteiger partial charge in [0.05, 0.1) is 7.11 Å². The molecule has 0 fully saturated rings. The van der Waals surface area contributed by atoms with Crippen LogP contribution in [0.4, 0.5) is 4.39 Å². The van der Waals surface area contributed by atoms with Crippen LogP contribution in [0.15, 0.2) is 47.1 Å². The maximum absolute atomic E-state index is 14.1. The van der Waals surface area contributed by atoms with E-state index in [9.17, 15) is 9.18 Å². The molecule has 0 radical (unpaired) electrons. The average Bonchev–Trinajstić information content (AvgIpc) is 2.91. The van der Waals surface area contributed by atoms with Crippen LogP contribution < -0.4 is 4.74 Å². The molecule has 3 aromatic rings. The average molecular weight is 348 g/mol. The second-order valence-electron chi connectivity index (χ2n) is 4.51. The van der Waals surface area contributed by atoms with Gasteiger partial charge in [0.25, 0.3) is 0 Å². The zero-order valence-corrected chi connectivity index (χ0v) is 12.7. The lowest BCUT2D eigenvalue weighted by Crippen LogP contribution is -2.06. The first-order chi connectivity index (χ1) is 10.1. The van der Waals surface area contributed by atoms with Crippen LogP contribution in [-0.4, -0.2) is 17.9 Å². The molecule has 1 heterocycles. The third-order valence-corrected chi connectivity index (χ3v) is 3.98. The highest BCUT2D eigenvalue weighted by atomic mass is 79.9. The fourth-order valence-electron chi connectivity index (χ4n) is 2.35. The lowest BCUT2D eigenvalue weighted by molar-refractivity contribution is 0.103. The van der Waals surface area contributed by atoms with Gasteiger partial charge in [-0.3, -0.25) is 4.79 Å². The fourth-order valence-corrected chi connectivity index (χ4v) is 2.93. The van der Waals surface area contributed by atoms with Crippen LogP contribution in [-0.2, 0) is 0 Å². The summed E-state index contributed by atoms with van der Waals surface area (Å²) in [6, 6.07) is 9.89. The van der Waals surface area contributed by atoms with Gasteiger partial charge < -0.3 is 9.72 Å². The Morgan fingerprint density at radius 1 is 1.24 bits per heavy atom. The molecule has 0 saturated carbocycles. The van der Waals surface area contributed by atoms with Crippen molar-refractivity contribution in [2.75, 3.05) is 7.11 Å². The van der Waals surface area contributed by atoms with Crippen LogP contribution in [0.1, 0.15) is 15.9 Å². The van der Waals surface area contributed by atoms with Crippen molar-refractivity contribution in [1.82, 2.24) is 4.98 Å². The predicted octanol–water partition coefficient (Wildman–Crippen LogP) is 4.31. The molecule has 0 spiro atoms. The van der Waals surface area contributed by atoms with Crippen molar-refractivity contribution >= 4 is 32.6 Å². The molecule has 3 rings (SSSR count). The molecule has 0 atom stereocenters. The van der Waals surface area contributed by atoms with E-state index in [2.05, 4.69) is 20.9 Å². The number of ether oxygens (including phenoxy) is 1. The third kappa shape index (κ3) is 2.23. The number of carbonyl (C=O) groups is 1. The van der Waals surface area contributed by atoms with Gasteiger partial charge in [0, 0.05) is 27.1 Å². The zero-order valence-electron chi connectivity index (χ0n) is 11.1. The van der Waals surface area contributed by atoms with E-state index in [1.807, 2.05) is 18.2 Å². The summed E-state index contributed by atoms with van der Waals surface area (Å²) in [5.41, 5.74) is 1.15. The highest BCUT2D eigenvalue weighted by Crippen LogP contribution is 2.31. The number of methoxy groups -OCH3 is 1. The van der Waals surface area contributed by atoms with Crippen molar-refractivity contribution in [2.24, 2.45) is 0 Å². The SMILES string of the molecule is COc1cccc(F)c1C(=O)c1c[nH]c2cccc(Br)c12. The van der Waals surface area contributed by atoms with Gasteiger partial charge in [0.1, 0.15) is 17.1 Å². The van der Waals surface area contributed by atoms with Gasteiger partial charge in [0.15, 0.2) is 0 Å². The number of hydrogen-bond acceptors (Lipinski definition) is 2. The quantitative estimate of drug-likeness (QED) is 0.717. The maximum Gasteiger partial charge on any atom is 0.201 e. The first-order valence-corrected chi connectivity index (χ1v) is 7.05. The number of halogens is 2. The van der Waals surface area contributed by atoms with Crippen molar-refractivity contribution in [3.05, 3.63) is 64.0 Å². The van der Waals surface area contributed by atoms with Crippen LogP contribution in [0.25, 0.3) is 10.9 Å². The summed E-state index contributed by atoms with van der Waals surface area (Å²) in [5.74, 6) is -0.787. The standard InChI is InChI=1S/C16H11BrFNO2/c1-21-13-7-3-5-11(18)15(13)16(20)9-8-19-12-6-2-4-10(17)14(9)12/h2-8,19H,1H3. The Kier molecular flexibility index (Phi) is 3.51. The number of nitrogens with one attached hydrogen (secondary N) is 1. The van der Waals surface area contributed by atoms with Crippen molar-refractivity contribution in [1.29, 1.82) is 0 Å². The smallest absolute Gasteiger partial charge is 0.201 e. The Hall–Kier alpha value is -2.14. The van der Waals surface area contributed by atoms with Gasteiger partial charge >= 0.3 is 0 Å². The number of aromatic amines is 1. The molecule has 21 heavy (non-hydrogen) atoms. The Morgan fingerprint density at radius 2 is 2.00 bits per heavy atom. The number of hydrogen-bond donors (Lipinski definition) is 1. The summed E-state index contributed by atoms with van der Waals surface area (Å²) in [4.78, 5) is 15.7. The second-order valence-corrected chi connectivity index (χ2v) is 5.37. The number of carbonyl (C=O) groups excluding carboxylic acids is 1. The summed E-state index contributed by atoms with van der Waals surface area (Å²) in [6.45, 7) is 0. The van der Waals surface area contributed by atoms with Gasteiger partial charge in [0.2, 0.25) is 5.78 Å². The molecule has 0 amide bonds. The van der Waals surface area contributed by atoms with Gasteiger partial charge in [-0.15, -0.1) is 0 Å². The molecule has 0 unspecified atom stereocenters. The maximum atomic E-state index is 14.1. The van der Waals surface area contributed by atoms with E-state index in [1.165, 1.54) is 19.2 Å². The van der Waals surface area contributed by atoms with Crippen molar-refractivity contribution in [3.8, 4) is 5.75 Å². The summed E-state index contributed by atoms with van der Waals surface area (Å²) in [6.07, 6.45) is 1.59. The van der Waals surface area contributed by atoms with Crippen molar-refractivity contribution in [2.45, 2.75) is 0 Å². The third-order valence-electron chi connectivity index (χ3n) is 3.32. The molecule has 5 heteroatoms. The number of rotatable bonds is 3. The number of fused-ring (bicyclic) bond motifs is 1. The van der Waals surface area contributed by atoms with Crippen molar-refractivity contribution in [3.63, 3.8) is 0 Å². The van der Waals surface area contributed by atoms with Crippen LogP contribution in [0.3, 0.4) is 0 Å². The number of benzene rings is 2. The number of ketones is 1. The number of aromatic nitrogens is 1. The Balaban J connectivity index is 2.23. The van der Waals surface area contributed by atoms with E-state index in [0.717, 1.165) is 15.4 Å². The molecule has 1 aromatic heterocycles. The zero-order chi connectivity index (χ0) is 15.0. The van der Waals surface area contributed by atoms with E-state index >= 15 is 0 Å². The minimum atomic E-state index is -0.597. The molecule has 0 aliphatic carbocycles. The number of H-pyrrole nitrogens is 1. The van der Waals surface area contributed by atoms with Gasteiger partial charge in [-0.1, -0.05) is 28.1 Å². The highest BCUT2D eigenvalue weighted by molar-refractivity contribution is 9.10. The van der Waals surface area contributed by atoms with E-state index in [0.29, 0.717) is 5.56 Å². The Morgan fingerprint density at radius 3 is 2.76 bits per heavy atom. The Bertz CT molecular complexity index is 841. The topological polar surface area (TPSA) is 42.1 Å². The van der Waals surface area contributed by atoms with Crippen LogP contribution in [0.2, 0.25) is 0 Å². The summed E-state index contributed by atoms with van der Waals surface area (Å²) < 4.78 is 19.9. The summed E-state index contributed by atoms with van der Waals surface area (Å²) in [7, 11) is 1.41. The monoisotopic (exact) mass is 347 g/mol. The predicted molar refractivity (Wildman–Crippen MR) is 82.4 cm³/mol. The molecule has 0 saturated heterocycles. The van der Waals surface area contributed by atoms with E-state index in [1.54, 1.807) is 12.3 Å². The van der Waals surface area contributed by atoms with E-state index < -0.39 is 11.6 Å². The molecule has 0 aliphatic rings.